The lowest BCUT2D eigenvalue weighted by Gasteiger charge is -2.06. The summed E-state index contributed by atoms with van der Waals surface area (Å²) >= 11 is 1.68. The number of hydrogen-bond acceptors (Lipinski definition) is 3. The van der Waals surface area contributed by atoms with Gasteiger partial charge >= 0.3 is 0 Å². The predicted molar refractivity (Wildman–Crippen MR) is 58.5 cm³/mol. The standard InChI is InChI=1S/C11H13NOS/c1-9-4-3-5-10(8-12)11(9)14-7-6-13-2/h3-5H,6-7H2,1-2H3. The molecule has 0 saturated carbocycles. The quantitative estimate of drug-likeness (QED) is 0.562. The van der Waals surface area contributed by atoms with Crippen molar-refractivity contribution >= 4 is 11.8 Å². The van der Waals surface area contributed by atoms with Crippen molar-refractivity contribution in [3.8, 4) is 6.07 Å². The van der Waals surface area contributed by atoms with Crippen LogP contribution in [-0.2, 0) is 4.74 Å². The van der Waals surface area contributed by atoms with E-state index in [1.165, 1.54) is 0 Å². The Kier molecular flexibility index (Phi) is 4.51. The molecular formula is C11H13NOS. The van der Waals surface area contributed by atoms with E-state index in [9.17, 15) is 0 Å². The number of nitriles is 1. The minimum atomic E-state index is 0.712. The molecule has 0 aliphatic carbocycles. The van der Waals surface area contributed by atoms with Crippen molar-refractivity contribution in [1.29, 1.82) is 5.26 Å². The molecule has 0 fully saturated rings. The smallest absolute Gasteiger partial charge is 0.100 e. The Bertz CT molecular complexity index is 344. The van der Waals surface area contributed by atoms with Crippen molar-refractivity contribution in [1.82, 2.24) is 0 Å². The van der Waals surface area contributed by atoms with Crippen LogP contribution in [0.5, 0.6) is 0 Å². The van der Waals surface area contributed by atoms with E-state index >= 15 is 0 Å². The number of thioether (sulfide) groups is 1. The van der Waals surface area contributed by atoms with E-state index in [4.69, 9.17) is 10.00 Å². The summed E-state index contributed by atoms with van der Waals surface area (Å²) in [5.41, 5.74) is 1.91. The summed E-state index contributed by atoms with van der Waals surface area (Å²) < 4.78 is 4.97. The first-order valence-corrected chi connectivity index (χ1v) is 5.39. The molecule has 1 aromatic rings. The number of methoxy groups -OCH3 is 1. The highest BCUT2D eigenvalue weighted by Crippen LogP contribution is 2.25. The van der Waals surface area contributed by atoms with Gasteiger partial charge in [0.25, 0.3) is 0 Å². The molecule has 74 valence electrons. The zero-order valence-corrected chi connectivity index (χ0v) is 9.23. The maximum Gasteiger partial charge on any atom is 0.100 e. The van der Waals surface area contributed by atoms with Gasteiger partial charge in [-0.3, -0.25) is 0 Å². The molecule has 0 saturated heterocycles. The predicted octanol–water partition coefficient (Wildman–Crippen LogP) is 2.61. The van der Waals surface area contributed by atoms with E-state index in [0.717, 1.165) is 21.8 Å². The molecule has 0 amide bonds. The van der Waals surface area contributed by atoms with Crippen molar-refractivity contribution < 1.29 is 4.74 Å². The van der Waals surface area contributed by atoms with Crippen molar-refractivity contribution in [2.24, 2.45) is 0 Å². The normalized spacial score (nSPS) is 9.79. The molecule has 0 aliphatic heterocycles. The third-order valence-electron chi connectivity index (χ3n) is 1.87. The molecule has 1 rings (SSSR count). The summed E-state index contributed by atoms with van der Waals surface area (Å²) in [7, 11) is 1.68. The first-order valence-electron chi connectivity index (χ1n) is 4.41. The van der Waals surface area contributed by atoms with Gasteiger partial charge < -0.3 is 4.74 Å². The van der Waals surface area contributed by atoms with Crippen LogP contribution in [0.4, 0.5) is 0 Å². The van der Waals surface area contributed by atoms with Crippen molar-refractivity contribution in [2.45, 2.75) is 11.8 Å². The fraction of sp³-hybridized carbons (Fsp3) is 0.364. The van der Waals surface area contributed by atoms with Crippen LogP contribution in [0, 0.1) is 18.3 Å². The summed E-state index contributed by atoms with van der Waals surface area (Å²) in [5.74, 6) is 0.885. The Balaban J connectivity index is 2.78. The molecule has 0 atom stereocenters. The Hall–Kier alpha value is -0.980. The van der Waals surface area contributed by atoms with E-state index in [1.807, 2.05) is 25.1 Å². The van der Waals surface area contributed by atoms with Gasteiger partial charge in [0.1, 0.15) is 6.07 Å². The van der Waals surface area contributed by atoms with Gasteiger partial charge in [-0.1, -0.05) is 12.1 Å². The molecule has 0 radical (unpaired) electrons. The average molecular weight is 207 g/mol. The van der Waals surface area contributed by atoms with Crippen LogP contribution in [-0.4, -0.2) is 19.5 Å². The molecule has 14 heavy (non-hydrogen) atoms. The fourth-order valence-corrected chi connectivity index (χ4v) is 2.18. The second-order valence-electron chi connectivity index (χ2n) is 2.90. The van der Waals surface area contributed by atoms with Gasteiger partial charge in [0.05, 0.1) is 12.2 Å². The third kappa shape index (κ3) is 2.76. The van der Waals surface area contributed by atoms with Crippen LogP contribution in [0.25, 0.3) is 0 Å². The summed E-state index contributed by atoms with van der Waals surface area (Å²) in [6.07, 6.45) is 0. The highest BCUT2D eigenvalue weighted by molar-refractivity contribution is 7.99. The zero-order chi connectivity index (χ0) is 10.4. The molecule has 1 aromatic carbocycles. The SMILES string of the molecule is COCCSc1c(C)cccc1C#N. The fourth-order valence-electron chi connectivity index (χ4n) is 1.16. The lowest BCUT2D eigenvalue weighted by atomic mass is 10.1. The van der Waals surface area contributed by atoms with E-state index in [2.05, 4.69) is 6.07 Å². The first-order chi connectivity index (χ1) is 6.79. The minimum absolute atomic E-state index is 0.712. The van der Waals surface area contributed by atoms with Gasteiger partial charge in [-0.05, 0) is 18.6 Å². The molecule has 0 bridgehead atoms. The van der Waals surface area contributed by atoms with E-state index < -0.39 is 0 Å². The summed E-state index contributed by atoms with van der Waals surface area (Å²) in [6, 6.07) is 7.99. The molecule has 0 heterocycles. The Morgan fingerprint density at radius 2 is 2.29 bits per heavy atom. The van der Waals surface area contributed by atoms with Gasteiger partial charge in [-0.25, -0.2) is 0 Å². The van der Waals surface area contributed by atoms with Gasteiger partial charge in [0, 0.05) is 17.8 Å². The Morgan fingerprint density at radius 3 is 2.93 bits per heavy atom. The number of rotatable bonds is 4. The van der Waals surface area contributed by atoms with Gasteiger partial charge in [-0.2, -0.15) is 5.26 Å². The van der Waals surface area contributed by atoms with Crippen molar-refractivity contribution in [2.75, 3.05) is 19.5 Å². The van der Waals surface area contributed by atoms with Gasteiger partial charge in [0.15, 0.2) is 0 Å². The maximum absolute atomic E-state index is 8.90. The monoisotopic (exact) mass is 207 g/mol. The molecular weight excluding hydrogens is 194 g/mol. The topological polar surface area (TPSA) is 33.0 Å². The number of ether oxygens (including phenoxy) is 1. The Morgan fingerprint density at radius 1 is 1.50 bits per heavy atom. The molecule has 2 nitrogen and oxygen atoms in total. The Labute approximate surface area is 88.9 Å². The molecule has 0 aromatic heterocycles. The van der Waals surface area contributed by atoms with Crippen LogP contribution >= 0.6 is 11.8 Å². The molecule has 0 unspecified atom stereocenters. The highest BCUT2D eigenvalue weighted by Gasteiger charge is 2.04. The summed E-state index contributed by atoms with van der Waals surface area (Å²) in [4.78, 5) is 1.08. The zero-order valence-electron chi connectivity index (χ0n) is 8.41. The van der Waals surface area contributed by atoms with Gasteiger partial charge in [0.2, 0.25) is 0 Å². The first kappa shape index (κ1) is 11.1. The molecule has 3 heteroatoms. The number of aryl methyl sites for hydroxylation is 1. The van der Waals surface area contributed by atoms with Crippen LogP contribution in [0.2, 0.25) is 0 Å². The van der Waals surface area contributed by atoms with Crippen LogP contribution in [0.15, 0.2) is 23.1 Å². The number of hydrogen-bond donors (Lipinski definition) is 0. The van der Waals surface area contributed by atoms with E-state index in [1.54, 1.807) is 18.9 Å². The van der Waals surface area contributed by atoms with E-state index in [-0.39, 0.29) is 0 Å². The highest BCUT2D eigenvalue weighted by atomic mass is 32.2. The summed E-state index contributed by atoms with van der Waals surface area (Å²) in [5, 5.41) is 8.90. The lowest BCUT2D eigenvalue weighted by Crippen LogP contribution is -1.93. The largest absolute Gasteiger partial charge is 0.384 e. The lowest BCUT2D eigenvalue weighted by molar-refractivity contribution is 0.218. The second-order valence-corrected chi connectivity index (χ2v) is 4.01. The maximum atomic E-state index is 8.90. The number of benzene rings is 1. The van der Waals surface area contributed by atoms with Gasteiger partial charge in [-0.15, -0.1) is 11.8 Å². The van der Waals surface area contributed by atoms with Crippen molar-refractivity contribution in [3.63, 3.8) is 0 Å². The molecule has 0 spiro atoms. The minimum Gasteiger partial charge on any atom is -0.384 e. The van der Waals surface area contributed by atoms with E-state index in [0.29, 0.717) is 6.61 Å². The van der Waals surface area contributed by atoms with Crippen molar-refractivity contribution in [3.05, 3.63) is 29.3 Å². The number of nitrogens with zero attached hydrogens (tertiary/aromatic N) is 1. The summed E-state index contributed by atoms with van der Waals surface area (Å²) in [6.45, 7) is 2.74. The molecule has 0 N–H and O–H groups in total. The third-order valence-corrected chi connectivity index (χ3v) is 3.07. The van der Waals surface area contributed by atoms with Crippen LogP contribution < -0.4 is 0 Å². The van der Waals surface area contributed by atoms with Crippen LogP contribution in [0.3, 0.4) is 0 Å². The molecule has 0 aliphatic rings. The van der Waals surface area contributed by atoms with Crippen LogP contribution in [0.1, 0.15) is 11.1 Å². The average Bonchev–Trinajstić information content (AvgIpc) is 2.20. The second kappa shape index (κ2) is 5.69.